The van der Waals surface area contributed by atoms with Gasteiger partial charge in [-0.05, 0) is 38.0 Å². The smallest absolute Gasteiger partial charge is 0.0649 e. The molecule has 0 saturated carbocycles. The summed E-state index contributed by atoms with van der Waals surface area (Å²) in [5, 5.41) is 4.39. The molecule has 1 aromatic heterocycles. The molecule has 0 amide bonds. The van der Waals surface area contributed by atoms with Crippen LogP contribution in [0.4, 0.5) is 0 Å². The minimum atomic E-state index is 0.0512. The first-order valence-corrected chi connectivity index (χ1v) is 6.84. The Bertz CT molecular complexity index is 512. The van der Waals surface area contributed by atoms with Crippen molar-refractivity contribution < 1.29 is 4.74 Å². The van der Waals surface area contributed by atoms with Gasteiger partial charge in [-0.15, -0.1) is 0 Å². The van der Waals surface area contributed by atoms with E-state index in [9.17, 15) is 0 Å². The lowest BCUT2D eigenvalue weighted by Crippen LogP contribution is -2.30. The van der Waals surface area contributed by atoms with Crippen molar-refractivity contribution in [3.63, 3.8) is 0 Å². The topological polar surface area (TPSA) is 65.1 Å². The molecular weight excluding hydrogens is 252 g/mol. The molecule has 1 heterocycles. The summed E-state index contributed by atoms with van der Waals surface area (Å²) in [6.45, 7) is 2.06. The number of ether oxygens (including phenoxy) is 1. The minimum absolute atomic E-state index is 0.0512. The summed E-state index contributed by atoms with van der Waals surface area (Å²) >= 11 is 0. The van der Waals surface area contributed by atoms with E-state index in [1.807, 2.05) is 41.1 Å². The average molecular weight is 274 g/mol. The molecule has 5 nitrogen and oxygen atoms in total. The van der Waals surface area contributed by atoms with Crippen molar-refractivity contribution in [3.05, 3.63) is 48.3 Å². The predicted octanol–water partition coefficient (Wildman–Crippen LogP) is 2.19. The molecule has 5 heteroatoms. The molecule has 20 heavy (non-hydrogen) atoms. The number of hydrogen-bond acceptors (Lipinski definition) is 4. The summed E-state index contributed by atoms with van der Waals surface area (Å²) < 4.78 is 7.20. The van der Waals surface area contributed by atoms with Gasteiger partial charge in [0.05, 0.1) is 23.5 Å². The first-order valence-electron chi connectivity index (χ1n) is 6.84. The van der Waals surface area contributed by atoms with Gasteiger partial charge in [-0.2, -0.15) is 5.10 Å². The van der Waals surface area contributed by atoms with Crippen LogP contribution in [0.25, 0.3) is 5.69 Å². The van der Waals surface area contributed by atoms with E-state index < -0.39 is 0 Å². The Hall–Kier alpha value is -1.69. The highest BCUT2D eigenvalue weighted by atomic mass is 16.5. The Balaban J connectivity index is 2.17. The first kappa shape index (κ1) is 14.7. The van der Waals surface area contributed by atoms with E-state index in [0.29, 0.717) is 0 Å². The number of nitrogens with two attached hydrogens (primary N) is 1. The number of hydrazine groups is 1. The summed E-state index contributed by atoms with van der Waals surface area (Å²) in [5.41, 5.74) is 4.97. The van der Waals surface area contributed by atoms with Crippen molar-refractivity contribution in [2.75, 3.05) is 7.11 Å². The molecule has 108 valence electrons. The number of benzene rings is 1. The highest BCUT2D eigenvalue weighted by Gasteiger charge is 2.16. The van der Waals surface area contributed by atoms with Gasteiger partial charge in [0, 0.05) is 13.3 Å². The van der Waals surface area contributed by atoms with Crippen LogP contribution in [0.1, 0.15) is 31.5 Å². The van der Waals surface area contributed by atoms with Gasteiger partial charge < -0.3 is 4.74 Å². The molecule has 0 spiro atoms. The van der Waals surface area contributed by atoms with E-state index in [1.54, 1.807) is 13.3 Å². The summed E-state index contributed by atoms with van der Waals surface area (Å²) in [6.07, 6.45) is 3.85. The third kappa shape index (κ3) is 3.45. The molecule has 0 saturated heterocycles. The van der Waals surface area contributed by atoms with Crippen molar-refractivity contribution >= 4 is 0 Å². The van der Waals surface area contributed by atoms with E-state index in [1.165, 1.54) is 0 Å². The molecule has 2 rings (SSSR count). The van der Waals surface area contributed by atoms with Crippen LogP contribution < -0.4 is 11.3 Å². The molecule has 1 aromatic carbocycles. The molecule has 2 aromatic rings. The summed E-state index contributed by atoms with van der Waals surface area (Å²) in [5.74, 6) is 5.71. The molecular formula is C15H22N4O. The van der Waals surface area contributed by atoms with Crippen LogP contribution >= 0.6 is 0 Å². The fraction of sp³-hybridized carbons (Fsp3) is 0.400. The van der Waals surface area contributed by atoms with E-state index in [-0.39, 0.29) is 12.1 Å². The fourth-order valence-electron chi connectivity index (χ4n) is 2.20. The molecule has 3 N–H and O–H groups in total. The zero-order valence-electron chi connectivity index (χ0n) is 12.0. The van der Waals surface area contributed by atoms with Crippen LogP contribution in [0.15, 0.2) is 42.6 Å². The number of nitrogens with one attached hydrogen (secondary N) is 1. The second-order valence-electron chi connectivity index (χ2n) is 4.85. The molecule has 0 fully saturated rings. The van der Waals surface area contributed by atoms with Gasteiger partial charge in [0.15, 0.2) is 0 Å². The average Bonchev–Trinajstić information content (AvgIpc) is 2.98. The molecule has 0 radical (unpaired) electrons. The molecule has 0 aliphatic heterocycles. The maximum Gasteiger partial charge on any atom is 0.0649 e. The zero-order chi connectivity index (χ0) is 14.4. The van der Waals surface area contributed by atoms with Crippen LogP contribution in [0, 0.1) is 0 Å². The molecule has 0 aliphatic carbocycles. The SMILES string of the molecule is COC(C)CCC(NN)c1ccnn1-c1ccccc1. The summed E-state index contributed by atoms with van der Waals surface area (Å²) in [7, 11) is 1.73. The van der Waals surface area contributed by atoms with Gasteiger partial charge in [0.1, 0.15) is 0 Å². The van der Waals surface area contributed by atoms with Crippen molar-refractivity contribution in [2.45, 2.75) is 31.9 Å². The van der Waals surface area contributed by atoms with Gasteiger partial charge in [0.2, 0.25) is 0 Å². The Morgan fingerprint density at radius 1 is 1.25 bits per heavy atom. The van der Waals surface area contributed by atoms with Crippen molar-refractivity contribution in [1.29, 1.82) is 0 Å². The minimum Gasteiger partial charge on any atom is -0.382 e. The second-order valence-corrected chi connectivity index (χ2v) is 4.85. The number of hydrogen-bond donors (Lipinski definition) is 2. The van der Waals surface area contributed by atoms with Gasteiger partial charge in [-0.1, -0.05) is 18.2 Å². The highest BCUT2D eigenvalue weighted by Crippen LogP contribution is 2.21. The normalized spacial score (nSPS) is 14.2. The zero-order valence-corrected chi connectivity index (χ0v) is 12.0. The highest BCUT2D eigenvalue weighted by molar-refractivity contribution is 5.33. The lowest BCUT2D eigenvalue weighted by atomic mass is 10.1. The Morgan fingerprint density at radius 3 is 2.65 bits per heavy atom. The van der Waals surface area contributed by atoms with Crippen molar-refractivity contribution in [1.82, 2.24) is 15.2 Å². The Labute approximate surface area is 119 Å². The van der Waals surface area contributed by atoms with Gasteiger partial charge in [-0.3, -0.25) is 11.3 Å². The monoisotopic (exact) mass is 274 g/mol. The lowest BCUT2D eigenvalue weighted by Gasteiger charge is -2.19. The van der Waals surface area contributed by atoms with Gasteiger partial charge in [-0.25, -0.2) is 4.68 Å². The van der Waals surface area contributed by atoms with Gasteiger partial charge >= 0.3 is 0 Å². The van der Waals surface area contributed by atoms with E-state index >= 15 is 0 Å². The number of methoxy groups -OCH3 is 1. The van der Waals surface area contributed by atoms with E-state index in [2.05, 4.69) is 17.4 Å². The standard InChI is InChI=1S/C15H22N4O/c1-12(20-2)8-9-14(18-16)15-10-11-17-19(15)13-6-4-3-5-7-13/h3-7,10-12,14,18H,8-9,16H2,1-2H3. The lowest BCUT2D eigenvalue weighted by molar-refractivity contribution is 0.106. The number of nitrogens with zero attached hydrogens (tertiary/aromatic N) is 2. The summed E-state index contributed by atoms with van der Waals surface area (Å²) in [4.78, 5) is 0. The molecule has 2 unspecified atom stereocenters. The van der Waals surface area contributed by atoms with E-state index in [0.717, 1.165) is 24.2 Å². The predicted molar refractivity (Wildman–Crippen MR) is 79.3 cm³/mol. The number of aromatic nitrogens is 2. The first-order chi connectivity index (χ1) is 9.76. The maximum atomic E-state index is 5.71. The Morgan fingerprint density at radius 2 is 2.00 bits per heavy atom. The quantitative estimate of drug-likeness (QED) is 0.600. The summed E-state index contributed by atoms with van der Waals surface area (Å²) in [6, 6.07) is 12.1. The van der Waals surface area contributed by atoms with Crippen LogP contribution in [0.3, 0.4) is 0 Å². The molecule has 2 atom stereocenters. The second kappa shape index (κ2) is 7.19. The van der Waals surface area contributed by atoms with Crippen LogP contribution in [0.2, 0.25) is 0 Å². The number of para-hydroxylation sites is 1. The molecule has 0 bridgehead atoms. The van der Waals surface area contributed by atoms with Crippen LogP contribution in [0.5, 0.6) is 0 Å². The number of rotatable bonds is 7. The molecule has 0 aliphatic rings. The van der Waals surface area contributed by atoms with Crippen LogP contribution in [-0.4, -0.2) is 23.0 Å². The Kier molecular flexibility index (Phi) is 5.29. The third-order valence-corrected chi connectivity index (χ3v) is 3.50. The third-order valence-electron chi connectivity index (χ3n) is 3.50. The largest absolute Gasteiger partial charge is 0.382 e. The van der Waals surface area contributed by atoms with E-state index in [4.69, 9.17) is 10.6 Å². The van der Waals surface area contributed by atoms with Crippen molar-refractivity contribution in [2.24, 2.45) is 5.84 Å². The van der Waals surface area contributed by atoms with Gasteiger partial charge in [0.25, 0.3) is 0 Å². The van der Waals surface area contributed by atoms with Crippen LogP contribution in [-0.2, 0) is 4.74 Å². The fourth-order valence-corrected chi connectivity index (χ4v) is 2.20. The maximum absolute atomic E-state index is 5.71. The van der Waals surface area contributed by atoms with Crippen molar-refractivity contribution in [3.8, 4) is 5.69 Å².